The molecule has 0 bridgehead atoms. The van der Waals surface area contributed by atoms with Gasteiger partial charge in [-0.25, -0.2) is 4.79 Å². The molecule has 0 aromatic carbocycles. The fourth-order valence-electron chi connectivity index (χ4n) is 1.49. The minimum atomic E-state index is -0.936. The number of nitrogens with one attached hydrogen (secondary N) is 1. The molecule has 0 radical (unpaired) electrons. The Hall–Kier alpha value is -1.89. The normalized spacial score (nSPS) is 19.5. The molecule has 0 saturated heterocycles. The highest BCUT2D eigenvalue weighted by Gasteiger charge is 2.31. The van der Waals surface area contributed by atoms with E-state index in [1.165, 1.54) is 7.11 Å². The first-order valence-corrected chi connectivity index (χ1v) is 4.94. The van der Waals surface area contributed by atoms with E-state index in [0.717, 1.165) is 5.70 Å². The number of allylic oxidation sites excluding steroid dienone is 3. The highest BCUT2D eigenvalue weighted by Crippen LogP contribution is 2.19. The third-order valence-corrected chi connectivity index (χ3v) is 2.24. The molecule has 7 nitrogen and oxygen atoms in total. The standard InChI is InChI=1S/C10H14N2O5/c1-6-4-7(2)11-10(9(6)12(14)15)17-5-8(13)16-3/h4,10-11H,5H2,1-3H3/t10-/m1/s1. The topological polar surface area (TPSA) is 90.7 Å². The maximum Gasteiger partial charge on any atom is 0.331 e. The predicted molar refractivity (Wildman–Crippen MR) is 58.3 cm³/mol. The second-order valence-corrected chi connectivity index (χ2v) is 3.56. The molecule has 1 aliphatic heterocycles. The lowest BCUT2D eigenvalue weighted by Gasteiger charge is -2.22. The molecule has 0 aromatic rings. The molecule has 1 N–H and O–H groups in total. The van der Waals surface area contributed by atoms with Crippen molar-refractivity contribution in [2.75, 3.05) is 13.7 Å². The van der Waals surface area contributed by atoms with E-state index in [2.05, 4.69) is 10.1 Å². The van der Waals surface area contributed by atoms with Crippen LogP contribution in [0.3, 0.4) is 0 Å². The summed E-state index contributed by atoms with van der Waals surface area (Å²) in [6, 6.07) is 0. The van der Waals surface area contributed by atoms with E-state index in [0.29, 0.717) is 5.57 Å². The molecule has 0 aromatic heterocycles. The lowest BCUT2D eigenvalue weighted by molar-refractivity contribution is -0.439. The van der Waals surface area contributed by atoms with Crippen molar-refractivity contribution in [1.82, 2.24) is 5.32 Å². The number of dihydropyridines is 1. The molecule has 0 fully saturated rings. The summed E-state index contributed by atoms with van der Waals surface area (Å²) in [5.41, 5.74) is 1.14. The van der Waals surface area contributed by atoms with E-state index in [1.54, 1.807) is 19.9 Å². The monoisotopic (exact) mass is 242 g/mol. The van der Waals surface area contributed by atoms with E-state index in [1.807, 2.05) is 0 Å². The molecule has 0 aliphatic carbocycles. The van der Waals surface area contributed by atoms with E-state index >= 15 is 0 Å². The van der Waals surface area contributed by atoms with Gasteiger partial charge in [0, 0.05) is 11.3 Å². The Balaban J connectivity index is 2.81. The van der Waals surface area contributed by atoms with Crippen LogP contribution in [0.2, 0.25) is 0 Å². The minimum Gasteiger partial charge on any atom is -0.467 e. The maximum absolute atomic E-state index is 10.9. The second-order valence-electron chi connectivity index (χ2n) is 3.56. The Morgan fingerprint density at radius 1 is 1.59 bits per heavy atom. The van der Waals surface area contributed by atoms with Crippen LogP contribution in [0.25, 0.3) is 0 Å². The van der Waals surface area contributed by atoms with Gasteiger partial charge in [0.2, 0.25) is 6.23 Å². The number of carbonyl (C=O) groups excluding carboxylic acids is 1. The number of esters is 1. The van der Waals surface area contributed by atoms with Gasteiger partial charge in [-0.05, 0) is 19.9 Å². The zero-order valence-corrected chi connectivity index (χ0v) is 9.85. The van der Waals surface area contributed by atoms with Gasteiger partial charge in [-0.1, -0.05) is 0 Å². The van der Waals surface area contributed by atoms with Crippen LogP contribution in [-0.2, 0) is 14.3 Å². The summed E-state index contributed by atoms with van der Waals surface area (Å²) in [5, 5.41) is 13.7. The summed E-state index contributed by atoms with van der Waals surface area (Å²) in [6.07, 6.45) is 0.713. The largest absolute Gasteiger partial charge is 0.467 e. The number of methoxy groups -OCH3 is 1. The summed E-state index contributed by atoms with van der Waals surface area (Å²) in [7, 11) is 1.22. The van der Waals surface area contributed by atoms with Crippen LogP contribution in [0, 0.1) is 10.1 Å². The summed E-state index contributed by atoms with van der Waals surface area (Å²) in [6.45, 7) is 3.04. The number of carbonyl (C=O) groups is 1. The minimum absolute atomic E-state index is 0.0977. The first-order chi connectivity index (χ1) is 7.95. The van der Waals surface area contributed by atoms with E-state index in [-0.39, 0.29) is 12.3 Å². The van der Waals surface area contributed by atoms with Gasteiger partial charge in [-0.2, -0.15) is 0 Å². The average molecular weight is 242 g/mol. The summed E-state index contributed by atoms with van der Waals surface area (Å²) in [5.74, 6) is -0.584. The molecule has 1 aliphatic rings. The molecule has 1 atom stereocenters. The molecular weight excluding hydrogens is 228 g/mol. The van der Waals surface area contributed by atoms with Crippen LogP contribution in [0.5, 0.6) is 0 Å². The summed E-state index contributed by atoms with van der Waals surface area (Å²) in [4.78, 5) is 21.3. The van der Waals surface area contributed by atoms with Crippen molar-refractivity contribution in [3.05, 3.63) is 33.2 Å². The molecule has 7 heteroatoms. The van der Waals surface area contributed by atoms with E-state index < -0.39 is 17.1 Å². The fraction of sp³-hybridized carbons (Fsp3) is 0.500. The molecule has 1 rings (SSSR count). The fourth-order valence-corrected chi connectivity index (χ4v) is 1.49. The van der Waals surface area contributed by atoms with Gasteiger partial charge in [0.1, 0.15) is 6.61 Å². The molecular formula is C10H14N2O5. The van der Waals surface area contributed by atoms with Gasteiger partial charge < -0.3 is 14.8 Å². The predicted octanol–water partition coefficient (Wildman–Crippen LogP) is 0.560. The average Bonchev–Trinajstić information content (AvgIpc) is 2.24. The molecule has 0 unspecified atom stereocenters. The van der Waals surface area contributed by atoms with Gasteiger partial charge in [0.05, 0.1) is 12.0 Å². The Morgan fingerprint density at radius 3 is 2.76 bits per heavy atom. The highest BCUT2D eigenvalue weighted by atomic mass is 16.6. The summed E-state index contributed by atoms with van der Waals surface area (Å²) < 4.78 is 9.52. The first-order valence-electron chi connectivity index (χ1n) is 4.94. The lowest BCUT2D eigenvalue weighted by atomic mass is 10.1. The van der Waals surface area contributed by atoms with Crippen molar-refractivity contribution < 1.29 is 19.2 Å². The van der Waals surface area contributed by atoms with Crippen molar-refractivity contribution in [2.45, 2.75) is 20.1 Å². The Kier molecular flexibility index (Phi) is 4.22. The van der Waals surface area contributed by atoms with Crippen LogP contribution in [0.1, 0.15) is 13.8 Å². The number of nitrogens with zero attached hydrogens (tertiary/aromatic N) is 1. The third kappa shape index (κ3) is 3.28. The lowest BCUT2D eigenvalue weighted by Crippen LogP contribution is -2.39. The van der Waals surface area contributed by atoms with Crippen molar-refractivity contribution in [3.8, 4) is 0 Å². The smallest absolute Gasteiger partial charge is 0.331 e. The number of hydrogen-bond donors (Lipinski definition) is 1. The van der Waals surface area contributed by atoms with Crippen LogP contribution in [0.4, 0.5) is 0 Å². The van der Waals surface area contributed by atoms with Crippen molar-refractivity contribution in [1.29, 1.82) is 0 Å². The highest BCUT2D eigenvalue weighted by molar-refractivity contribution is 5.70. The SMILES string of the molecule is COC(=O)CO[C@H]1NC(C)=CC(C)=C1[N+](=O)[O-]. The zero-order valence-electron chi connectivity index (χ0n) is 9.85. The third-order valence-electron chi connectivity index (χ3n) is 2.24. The van der Waals surface area contributed by atoms with Crippen LogP contribution >= 0.6 is 0 Å². The molecule has 0 amide bonds. The van der Waals surface area contributed by atoms with Gasteiger partial charge in [-0.3, -0.25) is 10.1 Å². The Labute approximate surface area is 98.2 Å². The van der Waals surface area contributed by atoms with Crippen LogP contribution in [-0.4, -0.2) is 30.8 Å². The number of hydrogen-bond acceptors (Lipinski definition) is 6. The molecule has 17 heavy (non-hydrogen) atoms. The molecule has 1 heterocycles. The van der Waals surface area contributed by atoms with Crippen molar-refractivity contribution in [2.24, 2.45) is 0 Å². The van der Waals surface area contributed by atoms with Gasteiger partial charge in [0.15, 0.2) is 0 Å². The number of ether oxygens (including phenoxy) is 2. The zero-order chi connectivity index (χ0) is 13.0. The Bertz CT molecular complexity index is 400. The molecule has 0 saturated carbocycles. The first kappa shape index (κ1) is 13.2. The molecule has 0 spiro atoms. The Morgan fingerprint density at radius 2 is 2.24 bits per heavy atom. The van der Waals surface area contributed by atoms with Crippen LogP contribution < -0.4 is 5.32 Å². The number of nitro groups is 1. The molecule has 94 valence electrons. The number of rotatable bonds is 4. The van der Waals surface area contributed by atoms with Gasteiger partial charge in [0.25, 0.3) is 5.70 Å². The van der Waals surface area contributed by atoms with Crippen molar-refractivity contribution in [3.63, 3.8) is 0 Å². The van der Waals surface area contributed by atoms with Crippen LogP contribution in [0.15, 0.2) is 23.0 Å². The van der Waals surface area contributed by atoms with Crippen molar-refractivity contribution >= 4 is 5.97 Å². The second kappa shape index (κ2) is 5.44. The van der Waals surface area contributed by atoms with Gasteiger partial charge in [-0.15, -0.1) is 0 Å². The van der Waals surface area contributed by atoms with E-state index in [4.69, 9.17) is 4.74 Å². The van der Waals surface area contributed by atoms with E-state index in [9.17, 15) is 14.9 Å². The summed E-state index contributed by atoms with van der Waals surface area (Å²) >= 11 is 0. The van der Waals surface area contributed by atoms with Gasteiger partial charge >= 0.3 is 5.97 Å². The maximum atomic E-state index is 10.9. The quantitative estimate of drug-likeness (QED) is 0.440.